The molecule has 1 heterocycles. The molecule has 5 nitrogen and oxygen atoms in total. The molecule has 0 fully saturated rings. The van der Waals surface area contributed by atoms with E-state index in [9.17, 15) is 4.79 Å². The first-order valence-electron chi connectivity index (χ1n) is 7.10. The molecular weight excluding hydrogens is 298 g/mol. The van der Waals surface area contributed by atoms with E-state index in [1.54, 1.807) is 25.4 Å². The number of nitrogens with one attached hydrogen (secondary N) is 1. The lowest BCUT2D eigenvalue weighted by Crippen LogP contribution is -2.39. The molecule has 0 aliphatic carbocycles. The predicted octanol–water partition coefficient (Wildman–Crippen LogP) is 2.65. The summed E-state index contributed by atoms with van der Waals surface area (Å²) in [6, 6.07) is 7.15. The molecule has 2 atom stereocenters. The van der Waals surface area contributed by atoms with Gasteiger partial charge >= 0.3 is 0 Å². The second-order valence-electron chi connectivity index (χ2n) is 5.22. The highest BCUT2D eigenvalue weighted by Gasteiger charge is 2.18. The number of methoxy groups -OCH3 is 1. The zero-order valence-electron chi connectivity index (χ0n) is 13.2. The molecule has 2 aromatic rings. The Kier molecular flexibility index (Phi) is 5.15. The van der Waals surface area contributed by atoms with Gasteiger partial charge < -0.3 is 15.8 Å². The molecule has 1 aromatic heterocycles. The van der Waals surface area contributed by atoms with Crippen LogP contribution in [0.3, 0.4) is 0 Å². The van der Waals surface area contributed by atoms with Crippen LogP contribution in [-0.4, -0.2) is 24.0 Å². The number of amides is 1. The van der Waals surface area contributed by atoms with Crippen molar-refractivity contribution < 1.29 is 9.53 Å². The first-order valence-corrected chi connectivity index (χ1v) is 7.91. The minimum absolute atomic E-state index is 0.108. The Morgan fingerprint density at radius 1 is 1.32 bits per heavy atom. The molecule has 118 valence electrons. The van der Waals surface area contributed by atoms with Crippen molar-refractivity contribution in [3.8, 4) is 16.3 Å². The number of aryl methyl sites for hydroxylation is 1. The number of thiazole rings is 1. The van der Waals surface area contributed by atoms with E-state index in [0.717, 1.165) is 26.9 Å². The molecule has 6 heteroatoms. The van der Waals surface area contributed by atoms with Crippen LogP contribution < -0.4 is 15.8 Å². The van der Waals surface area contributed by atoms with Crippen LogP contribution in [-0.2, 0) is 4.79 Å². The second-order valence-corrected chi connectivity index (χ2v) is 6.25. The molecule has 3 N–H and O–H groups in total. The van der Waals surface area contributed by atoms with Gasteiger partial charge in [-0.1, -0.05) is 0 Å². The third kappa shape index (κ3) is 3.64. The van der Waals surface area contributed by atoms with Gasteiger partial charge in [-0.2, -0.15) is 0 Å². The van der Waals surface area contributed by atoms with Gasteiger partial charge in [0.05, 0.1) is 29.8 Å². The number of ether oxygens (including phenoxy) is 1. The fourth-order valence-electron chi connectivity index (χ4n) is 2.08. The topological polar surface area (TPSA) is 77.2 Å². The summed E-state index contributed by atoms with van der Waals surface area (Å²) in [5.41, 5.74) is 7.55. The van der Waals surface area contributed by atoms with Gasteiger partial charge in [0.1, 0.15) is 10.8 Å². The molecule has 0 aliphatic heterocycles. The molecule has 0 aliphatic rings. The van der Waals surface area contributed by atoms with Crippen LogP contribution in [0.15, 0.2) is 24.3 Å². The Balaban J connectivity index is 2.21. The van der Waals surface area contributed by atoms with Gasteiger partial charge in [-0.3, -0.25) is 4.79 Å². The summed E-state index contributed by atoms with van der Waals surface area (Å²) >= 11 is 1.58. The van der Waals surface area contributed by atoms with E-state index < -0.39 is 6.04 Å². The van der Waals surface area contributed by atoms with Gasteiger partial charge in [-0.15, -0.1) is 11.3 Å². The maximum Gasteiger partial charge on any atom is 0.237 e. The number of benzene rings is 1. The summed E-state index contributed by atoms with van der Waals surface area (Å²) in [4.78, 5) is 17.4. The number of rotatable bonds is 5. The fraction of sp³-hybridized carbons (Fsp3) is 0.375. The van der Waals surface area contributed by atoms with Crippen molar-refractivity contribution in [1.29, 1.82) is 0 Å². The Labute approximate surface area is 134 Å². The molecule has 2 rings (SSSR count). The number of hydrogen-bond acceptors (Lipinski definition) is 5. The molecular formula is C16H21N3O2S. The average Bonchev–Trinajstić information content (AvgIpc) is 2.89. The van der Waals surface area contributed by atoms with E-state index in [1.165, 1.54) is 0 Å². The van der Waals surface area contributed by atoms with E-state index in [4.69, 9.17) is 10.5 Å². The summed E-state index contributed by atoms with van der Waals surface area (Å²) < 4.78 is 5.16. The molecule has 0 bridgehead atoms. The molecule has 0 spiro atoms. The van der Waals surface area contributed by atoms with E-state index >= 15 is 0 Å². The Hall–Kier alpha value is -1.92. The summed E-state index contributed by atoms with van der Waals surface area (Å²) in [6.07, 6.45) is 0. The normalized spacial score (nSPS) is 13.5. The summed E-state index contributed by atoms with van der Waals surface area (Å²) in [6.45, 7) is 5.57. The molecule has 22 heavy (non-hydrogen) atoms. The van der Waals surface area contributed by atoms with Crippen LogP contribution in [0.1, 0.15) is 30.5 Å². The Morgan fingerprint density at radius 3 is 2.50 bits per heavy atom. The molecule has 0 radical (unpaired) electrons. The molecule has 1 aromatic carbocycles. The van der Waals surface area contributed by atoms with Gasteiger partial charge in [0, 0.05) is 5.56 Å². The molecule has 1 amide bonds. The SMILES string of the molecule is COc1ccc(-c2nc(C)c(C(C)NC(=O)[C@@H](C)N)s2)cc1. The Bertz CT molecular complexity index is 650. The standard InChI is InChI=1S/C16H21N3O2S/c1-9(17)15(20)18-10(2)14-11(3)19-16(22-14)12-5-7-13(21-4)8-6-12/h5-10H,17H2,1-4H3,(H,18,20)/t9-,10?/m1/s1. The van der Waals surface area contributed by atoms with E-state index in [-0.39, 0.29) is 11.9 Å². The Morgan fingerprint density at radius 2 is 1.95 bits per heavy atom. The van der Waals surface area contributed by atoms with Crippen LogP contribution in [0.4, 0.5) is 0 Å². The van der Waals surface area contributed by atoms with Gasteiger partial charge in [0.25, 0.3) is 0 Å². The van der Waals surface area contributed by atoms with Crippen molar-refractivity contribution in [3.63, 3.8) is 0 Å². The second kappa shape index (κ2) is 6.89. The first kappa shape index (κ1) is 16.5. The third-order valence-electron chi connectivity index (χ3n) is 3.34. The van der Waals surface area contributed by atoms with Crippen LogP contribution in [0, 0.1) is 6.92 Å². The lowest BCUT2D eigenvalue weighted by atomic mass is 10.2. The maximum atomic E-state index is 11.7. The smallest absolute Gasteiger partial charge is 0.237 e. The monoisotopic (exact) mass is 319 g/mol. The highest BCUT2D eigenvalue weighted by molar-refractivity contribution is 7.15. The highest BCUT2D eigenvalue weighted by atomic mass is 32.1. The molecule has 1 unspecified atom stereocenters. The number of hydrogen-bond donors (Lipinski definition) is 2. The van der Waals surface area contributed by atoms with Crippen LogP contribution >= 0.6 is 11.3 Å². The lowest BCUT2D eigenvalue weighted by Gasteiger charge is -2.14. The number of nitrogens with zero attached hydrogens (tertiary/aromatic N) is 1. The van der Waals surface area contributed by atoms with E-state index in [0.29, 0.717) is 0 Å². The first-order chi connectivity index (χ1) is 10.4. The van der Waals surface area contributed by atoms with E-state index in [2.05, 4.69) is 10.3 Å². The highest BCUT2D eigenvalue weighted by Crippen LogP contribution is 2.32. The third-order valence-corrected chi connectivity index (χ3v) is 4.72. The summed E-state index contributed by atoms with van der Waals surface area (Å²) in [5.74, 6) is 0.654. The fourth-order valence-corrected chi connectivity index (χ4v) is 3.15. The quantitative estimate of drug-likeness (QED) is 0.888. The van der Waals surface area contributed by atoms with Crippen molar-refractivity contribution in [2.45, 2.75) is 32.9 Å². The van der Waals surface area contributed by atoms with Gasteiger partial charge in [-0.05, 0) is 45.0 Å². The number of nitrogens with two attached hydrogens (primary N) is 1. The minimum Gasteiger partial charge on any atom is -0.497 e. The minimum atomic E-state index is -0.517. The number of carbonyl (C=O) groups is 1. The zero-order chi connectivity index (χ0) is 16.3. The van der Waals surface area contributed by atoms with Gasteiger partial charge in [0.15, 0.2) is 0 Å². The summed E-state index contributed by atoms with van der Waals surface area (Å²) in [7, 11) is 1.64. The van der Waals surface area contributed by atoms with E-state index in [1.807, 2.05) is 38.1 Å². The lowest BCUT2D eigenvalue weighted by molar-refractivity contribution is -0.122. The summed E-state index contributed by atoms with van der Waals surface area (Å²) in [5, 5.41) is 3.83. The average molecular weight is 319 g/mol. The van der Waals surface area contributed by atoms with Crippen LogP contribution in [0.2, 0.25) is 0 Å². The van der Waals surface area contributed by atoms with Gasteiger partial charge in [0.2, 0.25) is 5.91 Å². The van der Waals surface area contributed by atoms with Crippen molar-refractivity contribution in [3.05, 3.63) is 34.8 Å². The number of aromatic nitrogens is 1. The maximum absolute atomic E-state index is 11.7. The van der Waals surface area contributed by atoms with Crippen molar-refractivity contribution in [2.24, 2.45) is 5.73 Å². The predicted molar refractivity (Wildman–Crippen MR) is 89.0 cm³/mol. The molecule has 0 saturated heterocycles. The van der Waals surface area contributed by atoms with Gasteiger partial charge in [-0.25, -0.2) is 4.98 Å². The van der Waals surface area contributed by atoms with Crippen LogP contribution in [0.5, 0.6) is 5.75 Å². The largest absolute Gasteiger partial charge is 0.497 e. The molecule has 0 saturated carbocycles. The van der Waals surface area contributed by atoms with Crippen molar-refractivity contribution in [2.75, 3.05) is 7.11 Å². The van der Waals surface area contributed by atoms with Crippen molar-refractivity contribution in [1.82, 2.24) is 10.3 Å². The van der Waals surface area contributed by atoms with Crippen LogP contribution in [0.25, 0.3) is 10.6 Å². The number of carbonyl (C=O) groups excluding carboxylic acids is 1. The van der Waals surface area contributed by atoms with Crippen molar-refractivity contribution >= 4 is 17.2 Å². The zero-order valence-corrected chi connectivity index (χ0v) is 14.0.